The molecule has 0 aliphatic carbocycles. The summed E-state index contributed by atoms with van der Waals surface area (Å²) < 4.78 is 16.7. The van der Waals surface area contributed by atoms with Crippen molar-refractivity contribution in [1.29, 1.82) is 0 Å². The molecule has 1 aliphatic heterocycles. The van der Waals surface area contributed by atoms with Crippen LogP contribution in [0.1, 0.15) is 28.3 Å². The molecular weight excluding hydrogens is 291 g/mol. The van der Waals surface area contributed by atoms with Crippen LogP contribution in [0, 0.1) is 26.6 Å². The molecule has 0 unspecified atom stereocenters. The monoisotopic (exact) mass is 308 g/mol. The van der Waals surface area contributed by atoms with E-state index in [9.17, 15) is 4.39 Å². The van der Waals surface area contributed by atoms with E-state index in [1.54, 1.807) is 6.07 Å². The van der Waals surface area contributed by atoms with E-state index in [2.05, 4.69) is 21.2 Å². The van der Waals surface area contributed by atoms with Crippen molar-refractivity contribution in [3.8, 4) is 16.8 Å². The molecule has 116 valence electrons. The van der Waals surface area contributed by atoms with Crippen LogP contribution < -0.4 is 0 Å². The predicted molar refractivity (Wildman–Crippen MR) is 86.2 cm³/mol. The van der Waals surface area contributed by atoms with Gasteiger partial charge in [0.2, 0.25) is 0 Å². The summed E-state index contributed by atoms with van der Waals surface area (Å²) in [5.41, 5.74) is 5.70. The molecular formula is C18H17FN4. The minimum Gasteiger partial charge on any atom is -0.280 e. The molecule has 3 heterocycles. The smallest absolute Gasteiger partial charge is 0.148 e. The van der Waals surface area contributed by atoms with E-state index < -0.39 is 0 Å². The molecule has 1 aliphatic rings. The Labute approximate surface area is 134 Å². The molecule has 4 nitrogen and oxygen atoms in total. The first-order valence-corrected chi connectivity index (χ1v) is 7.71. The van der Waals surface area contributed by atoms with Crippen LogP contribution >= 0.6 is 0 Å². The minimum absolute atomic E-state index is 0.234. The Hall–Kier alpha value is -2.56. The summed E-state index contributed by atoms with van der Waals surface area (Å²) in [6, 6.07) is 3.67. The zero-order valence-electron chi connectivity index (χ0n) is 13.4. The van der Waals surface area contributed by atoms with Crippen LogP contribution in [0.15, 0.2) is 24.5 Å². The Morgan fingerprint density at radius 2 is 1.87 bits per heavy atom. The van der Waals surface area contributed by atoms with Gasteiger partial charge in [-0.3, -0.25) is 9.55 Å². The van der Waals surface area contributed by atoms with Gasteiger partial charge in [0.05, 0.1) is 5.69 Å². The Kier molecular flexibility index (Phi) is 3.04. The lowest BCUT2D eigenvalue weighted by molar-refractivity contribution is 0.602. The highest BCUT2D eigenvalue weighted by atomic mass is 19.1. The van der Waals surface area contributed by atoms with Crippen molar-refractivity contribution in [3.63, 3.8) is 0 Å². The van der Waals surface area contributed by atoms with Crippen molar-refractivity contribution in [2.75, 3.05) is 0 Å². The van der Waals surface area contributed by atoms with Gasteiger partial charge in [0.15, 0.2) is 0 Å². The van der Waals surface area contributed by atoms with Crippen LogP contribution in [0.25, 0.3) is 16.8 Å². The van der Waals surface area contributed by atoms with Crippen LogP contribution in [0.4, 0.5) is 4.39 Å². The summed E-state index contributed by atoms with van der Waals surface area (Å²) >= 11 is 0. The second-order valence-electron chi connectivity index (χ2n) is 6.09. The van der Waals surface area contributed by atoms with E-state index in [1.165, 1.54) is 0 Å². The van der Waals surface area contributed by atoms with Gasteiger partial charge in [-0.25, -0.2) is 4.39 Å². The topological polar surface area (TPSA) is 43.6 Å². The highest BCUT2D eigenvalue weighted by Gasteiger charge is 2.24. The SMILES string of the molecule is Cc1cncc(-c2cc(F)c3c(c2)CCc2nnc(C)n2-3)c1C. The fraction of sp³-hybridized carbons (Fsp3) is 0.278. The molecule has 3 aromatic rings. The number of halogens is 1. The van der Waals surface area contributed by atoms with Crippen molar-refractivity contribution in [1.82, 2.24) is 19.7 Å². The average Bonchev–Trinajstić information content (AvgIpc) is 2.91. The fourth-order valence-corrected chi connectivity index (χ4v) is 3.28. The van der Waals surface area contributed by atoms with E-state index in [-0.39, 0.29) is 5.82 Å². The number of fused-ring (bicyclic) bond motifs is 3. The van der Waals surface area contributed by atoms with Crippen LogP contribution in [-0.4, -0.2) is 19.7 Å². The molecule has 0 radical (unpaired) electrons. The van der Waals surface area contributed by atoms with Crippen molar-refractivity contribution in [2.24, 2.45) is 0 Å². The fourth-order valence-electron chi connectivity index (χ4n) is 3.28. The highest BCUT2D eigenvalue weighted by Crippen LogP contribution is 2.33. The van der Waals surface area contributed by atoms with E-state index >= 15 is 0 Å². The van der Waals surface area contributed by atoms with Crippen LogP contribution in [0.3, 0.4) is 0 Å². The molecule has 2 aromatic heterocycles. The van der Waals surface area contributed by atoms with Gasteiger partial charge in [0.1, 0.15) is 17.5 Å². The van der Waals surface area contributed by atoms with Crippen molar-refractivity contribution in [3.05, 3.63) is 58.7 Å². The van der Waals surface area contributed by atoms with Gasteiger partial charge in [-0.15, -0.1) is 10.2 Å². The molecule has 0 saturated heterocycles. The number of rotatable bonds is 1. The summed E-state index contributed by atoms with van der Waals surface area (Å²) in [6.45, 7) is 5.92. The van der Waals surface area contributed by atoms with Crippen LogP contribution in [-0.2, 0) is 12.8 Å². The lowest BCUT2D eigenvalue weighted by atomic mass is 9.94. The molecule has 1 aromatic carbocycles. The zero-order chi connectivity index (χ0) is 16.1. The lowest BCUT2D eigenvalue weighted by Gasteiger charge is -2.21. The third-order valence-electron chi connectivity index (χ3n) is 4.65. The van der Waals surface area contributed by atoms with Gasteiger partial charge in [0.25, 0.3) is 0 Å². The molecule has 4 rings (SSSR count). The normalized spacial score (nSPS) is 12.9. The highest BCUT2D eigenvalue weighted by molar-refractivity contribution is 5.70. The Balaban J connectivity index is 1.94. The van der Waals surface area contributed by atoms with Crippen LogP contribution in [0.5, 0.6) is 0 Å². The maximum atomic E-state index is 14.9. The second kappa shape index (κ2) is 4.98. The van der Waals surface area contributed by atoms with Crippen molar-refractivity contribution >= 4 is 0 Å². The third-order valence-corrected chi connectivity index (χ3v) is 4.65. The number of pyridine rings is 1. The minimum atomic E-state index is -0.234. The first kappa shape index (κ1) is 14.1. The first-order chi connectivity index (χ1) is 11.1. The lowest BCUT2D eigenvalue weighted by Crippen LogP contribution is -2.15. The Morgan fingerprint density at radius 3 is 2.70 bits per heavy atom. The first-order valence-electron chi connectivity index (χ1n) is 7.71. The quantitative estimate of drug-likeness (QED) is 0.691. The van der Waals surface area contributed by atoms with E-state index in [1.807, 2.05) is 37.7 Å². The van der Waals surface area contributed by atoms with Crippen molar-refractivity contribution in [2.45, 2.75) is 33.6 Å². The maximum Gasteiger partial charge on any atom is 0.148 e. The number of hydrogen-bond donors (Lipinski definition) is 0. The molecule has 0 fully saturated rings. The maximum absolute atomic E-state index is 14.9. The average molecular weight is 308 g/mol. The number of benzene rings is 1. The van der Waals surface area contributed by atoms with Gasteiger partial charge >= 0.3 is 0 Å². The largest absolute Gasteiger partial charge is 0.280 e. The molecule has 0 spiro atoms. The predicted octanol–water partition coefficient (Wildman–Crippen LogP) is 3.49. The third kappa shape index (κ3) is 2.07. The van der Waals surface area contributed by atoms with Crippen LogP contribution in [0.2, 0.25) is 0 Å². The van der Waals surface area contributed by atoms with Gasteiger partial charge in [-0.05, 0) is 61.6 Å². The second-order valence-corrected chi connectivity index (χ2v) is 6.09. The van der Waals surface area contributed by atoms with Gasteiger partial charge in [-0.1, -0.05) is 0 Å². The van der Waals surface area contributed by atoms with Gasteiger partial charge in [0, 0.05) is 24.4 Å². The molecule has 0 amide bonds. The summed E-state index contributed by atoms with van der Waals surface area (Å²) in [7, 11) is 0. The van der Waals surface area contributed by atoms with Crippen molar-refractivity contribution < 1.29 is 4.39 Å². The molecule has 23 heavy (non-hydrogen) atoms. The van der Waals surface area contributed by atoms with E-state index in [0.29, 0.717) is 5.69 Å². The number of aryl methyl sites for hydroxylation is 4. The molecule has 0 N–H and O–H groups in total. The molecule has 0 atom stereocenters. The zero-order valence-corrected chi connectivity index (χ0v) is 13.4. The summed E-state index contributed by atoms with van der Waals surface area (Å²) in [4.78, 5) is 4.26. The summed E-state index contributed by atoms with van der Waals surface area (Å²) in [5.74, 6) is 1.32. The number of aromatic nitrogens is 4. The molecule has 5 heteroatoms. The molecule has 0 bridgehead atoms. The van der Waals surface area contributed by atoms with Gasteiger partial charge in [-0.2, -0.15) is 0 Å². The summed E-state index contributed by atoms with van der Waals surface area (Å²) in [6.07, 6.45) is 5.19. The Morgan fingerprint density at radius 1 is 1.04 bits per heavy atom. The number of hydrogen-bond acceptors (Lipinski definition) is 3. The number of nitrogens with zero attached hydrogens (tertiary/aromatic N) is 4. The Bertz CT molecular complexity index is 927. The van der Waals surface area contributed by atoms with Gasteiger partial charge < -0.3 is 0 Å². The van der Waals surface area contributed by atoms with E-state index in [0.717, 1.165) is 52.3 Å². The summed E-state index contributed by atoms with van der Waals surface area (Å²) in [5, 5.41) is 8.22. The van der Waals surface area contributed by atoms with E-state index in [4.69, 9.17) is 0 Å². The molecule has 0 saturated carbocycles. The standard InChI is InChI=1S/C18H17FN4/c1-10-8-20-9-15(11(10)2)14-6-13-4-5-17-22-21-12(3)23(17)18(13)16(19)7-14/h6-9H,4-5H2,1-3H3.